The minimum atomic E-state index is -1.05. The molecule has 0 bridgehead atoms. The van der Waals surface area contributed by atoms with E-state index in [0.717, 1.165) is 11.5 Å². The maximum absolute atomic E-state index is 12.2. The van der Waals surface area contributed by atoms with Gasteiger partial charge in [-0.3, -0.25) is 14.4 Å². The molecular weight excluding hydrogens is 288 g/mol. The van der Waals surface area contributed by atoms with Crippen molar-refractivity contribution in [2.75, 3.05) is 6.54 Å². The summed E-state index contributed by atoms with van der Waals surface area (Å²) in [6.45, 7) is 0.358. The van der Waals surface area contributed by atoms with Crippen molar-refractivity contribution in [1.82, 2.24) is 10.4 Å². The maximum atomic E-state index is 12.2. The molecule has 2 aliphatic rings. The van der Waals surface area contributed by atoms with Gasteiger partial charge in [-0.15, -0.1) is 5.06 Å². The zero-order valence-electron chi connectivity index (χ0n) is 11.8. The number of hydroxylamine groups is 2. The average molecular weight is 304 g/mol. The predicted molar refractivity (Wildman–Crippen MR) is 75.2 cm³/mol. The Morgan fingerprint density at radius 3 is 2.45 bits per heavy atom. The smallest absolute Gasteiger partial charge is 0.404 e. The number of imide groups is 1. The highest BCUT2D eigenvalue weighted by atomic mass is 16.7. The van der Waals surface area contributed by atoms with E-state index in [1.54, 1.807) is 24.3 Å². The fraction of sp³-hybridized carbons (Fsp3) is 0.400. The number of hydrogen-bond donors (Lipinski definition) is 2. The molecule has 116 valence electrons. The summed E-state index contributed by atoms with van der Waals surface area (Å²) in [5.74, 6) is -0.711. The second-order valence-electron chi connectivity index (χ2n) is 5.54. The molecule has 7 nitrogen and oxygen atoms in total. The third kappa shape index (κ3) is 2.67. The van der Waals surface area contributed by atoms with Crippen LogP contribution in [0.15, 0.2) is 24.3 Å². The Hall–Kier alpha value is -2.41. The number of nitrogens with one attached hydrogen (secondary N) is 1. The number of rotatable bonds is 4. The molecule has 2 atom stereocenters. The van der Waals surface area contributed by atoms with Crippen molar-refractivity contribution in [3.8, 4) is 0 Å². The van der Waals surface area contributed by atoms with E-state index in [1.807, 2.05) is 0 Å². The number of carboxylic acid groups (broad SMARTS) is 1. The molecule has 3 rings (SSSR count). The number of carbonyl (C=O) groups excluding carboxylic acids is 2. The normalized spacial score (nSPS) is 23.7. The minimum absolute atomic E-state index is 0.163. The molecule has 1 saturated carbocycles. The molecule has 22 heavy (non-hydrogen) atoms. The van der Waals surface area contributed by atoms with Crippen LogP contribution in [0.25, 0.3) is 0 Å². The Morgan fingerprint density at radius 1 is 1.23 bits per heavy atom. The van der Waals surface area contributed by atoms with Gasteiger partial charge in [0.25, 0.3) is 11.8 Å². The first-order chi connectivity index (χ1) is 10.6. The highest BCUT2D eigenvalue weighted by molar-refractivity contribution is 6.20. The molecule has 1 aliphatic heterocycles. The summed E-state index contributed by atoms with van der Waals surface area (Å²) in [5, 5.41) is 11.8. The highest BCUT2D eigenvalue weighted by Crippen LogP contribution is 2.31. The summed E-state index contributed by atoms with van der Waals surface area (Å²) in [6.07, 6.45) is 0.814. The first-order valence-corrected chi connectivity index (χ1v) is 7.17. The van der Waals surface area contributed by atoms with Crippen LogP contribution in [0.1, 0.15) is 40.0 Å². The van der Waals surface area contributed by atoms with Crippen LogP contribution in [0.5, 0.6) is 0 Å². The lowest BCUT2D eigenvalue weighted by atomic mass is 10.1. The zero-order valence-corrected chi connectivity index (χ0v) is 11.8. The Balaban J connectivity index is 1.60. The van der Waals surface area contributed by atoms with Gasteiger partial charge in [0.15, 0.2) is 0 Å². The van der Waals surface area contributed by atoms with Gasteiger partial charge in [0.05, 0.1) is 17.2 Å². The molecule has 1 fully saturated rings. The third-order valence-corrected chi connectivity index (χ3v) is 4.05. The van der Waals surface area contributed by atoms with Gasteiger partial charge in [-0.1, -0.05) is 12.1 Å². The Labute approximate surface area is 126 Å². The molecule has 3 amide bonds. The van der Waals surface area contributed by atoms with Crippen molar-refractivity contribution >= 4 is 17.9 Å². The number of nitrogens with zero attached hydrogens (tertiary/aromatic N) is 1. The molecule has 0 aromatic heterocycles. The summed E-state index contributed by atoms with van der Waals surface area (Å²) in [6, 6.07) is 6.62. The molecule has 0 radical (unpaired) electrons. The van der Waals surface area contributed by atoms with Crippen LogP contribution in [0, 0.1) is 5.92 Å². The first-order valence-electron chi connectivity index (χ1n) is 7.17. The standard InChI is InChI=1S/C15H16N2O5/c18-13-11-3-1-2-4-12(11)14(19)17(13)22-10-6-5-9(7-10)8-16-15(20)21/h1-4,9-10,16H,5-8H2,(H,20,21). The molecule has 7 heteroatoms. The molecule has 0 spiro atoms. The summed E-state index contributed by atoms with van der Waals surface area (Å²) in [7, 11) is 0. The maximum Gasteiger partial charge on any atom is 0.404 e. The first kappa shape index (κ1) is 14.5. The summed E-state index contributed by atoms with van der Waals surface area (Å²) < 4.78 is 0. The van der Waals surface area contributed by atoms with Gasteiger partial charge < -0.3 is 10.4 Å². The lowest BCUT2D eigenvalue weighted by Crippen LogP contribution is -2.34. The quantitative estimate of drug-likeness (QED) is 0.825. The molecule has 2 unspecified atom stereocenters. The number of fused-ring (bicyclic) bond motifs is 1. The molecule has 1 aliphatic carbocycles. The van der Waals surface area contributed by atoms with E-state index in [1.165, 1.54) is 0 Å². The Kier molecular flexibility index (Phi) is 3.81. The van der Waals surface area contributed by atoms with Crippen LogP contribution >= 0.6 is 0 Å². The lowest BCUT2D eigenvalue weighted by molar-refractivity contribution is -0.130. The van der Waals surface area contributed by atoms with Gasteiger partial charge in [-0.25, -0.2) is 4.79 Å². The van der Waals surface area contributed by atoms with Crippen molar-refractivity contribution in [2.24, 2.45) is 5.92 Å². The topological polar surface area (TPSA) is 95.9 Å². The predicted octanol–water partition coefficient (Wildman–Crippen LogP) is 1.65. The number of amides is 3. The molecular formula is C15H16N2O5. The number of benzene rings is 1. The molecule has 1 aromatic carbocycles. The fourth-order valence-corrected chi connectivity index (χ4v) is 2.95. The largest absolute Gasteiger partial charge is 0.465 e. The van der Waals surface area contributed by atoms with Crippen LogP contribution in [-0.4, -0.2) is 40.7 Å². The fourth-order valence-electron chi connectivity index (χ4n) is 2.95. The van der Waals surface area contributed by atoms with Crippen molar-refractivity contribution in [2.45, 2.75) is 25.4 Å². The van der Waals surface area contributed by atoms with E-state index in [9.17, 15) is 14.4 Å². The van der Waals surface area contributed by atoms with Gasteiger partial charge in [-0.2, -0.15) is 0 Å². The van der Waals surface area contributed by atoms with E-state index >= 15 is 0 Å². The van der Waals surface area contributed by atoms with Crippen LogP contribution in [-0.2, 0) is 4.84 Å². The summed E-state index contributed by atoms with van der Waals surface area (Å²) in [5.41, 5.74) is 0.712. The molecule has 1 heterocycles. The van der Waals surface area contributed by atoms with Crippen LogP contribution in [0.2, 0.25) is 0 Å². The van der Waals surface area contributed by atoms with Crippen molar-refractivity contribution in [3.63, 3.8) is 0 Å². The SMILES string of the molecule is O=C(O)NCC1CCC(ON2C(=O)c3ccccc3C2=O)C1. The number of hydrogen-bond acceptors (Lipinski definition) is 4. The van der Waals surface area contributed by atoms with Crippen molar-refractivity contribution in [3.05, 3.63) is 35.4 Å². The summed E-state index contributed by atoms with van der Waals surface area (Å²) >= 11 is 0. The van der Waals surface area contributed by atoms with Gasteiger partial charge in [0.1, 0.15) is 0 Å². The second kappa shape index (κ2) is 5.76. The van der Waals surface area contributed by atoms with Crippen LogP contribution in [0.3, 0.4) is 0 Å². The van der Waals surface area contributed by atoms with Gasteiger partial charge in [-0.05, 0) is 37.3 Å². The van der Waals surface area contributed by atoms with Crippen molar-refractivity contribution in [1.29, 1.82) is 0 Å². The monoisotopic (exact) mass is 304 g/mol. The Morgan fingerprint density at radius 2 is 1.86 bits per heavy atom. The molecule has 2 N–H and O–H groups in total. The van der Waals surface area contributed by atoms with E-state index in [0.29, 0.717) is 30.5 Å². The zero-order chi connectivity index (χ0) is 15.7. The second-order valence-corrected chi connectivity index (χ2v) is 5.54. The van der Waals surface area contributed by atoms with Crippen LogP contribution < -0.4 is 5.32 Å². The van der Waals surface area contributed by atoms with E-state index in [-0.39, 0.29) is 12.0 Å². The molecule has 1 aromatic rings. The lowest BCUT2D eigenvalue weighted by Gasteiger charge is -2.18. The van der Waals surface area contributed by atoms with Gasteiger partial charge in [0.2, 0.25) is 0 Å². The minimum Gasteiger partial charge on any atom is -0.465 e. The summed E-state index contributed by atoms with van der Waals surface area (Å²) in [4.78, 5) is 40.4. The highest BCUT2D eigenvalue weighted by Gasteiger charge is 2.39. The molecule has 0 saturated heterocycles. The average Bonchev–Trinajstić information content (AvgIpc) is 3.05. The van der Waals surface area contributed by atoms with E-state index in [2.05, 4.69) is 5.32 Å². The number of carbonyl (C=O) groups is 3. The third-order valence-electron chi connectivity index (χ3n) is 4.05. The van der Waals surface area contributed by atoms with Crippen LogP contribution in [0.4, 0.5) is 4.79 Å². The van der Waals surface area contributed by atoms with Gasteiger partial charge >= 0.3 is 6.09 Å². The van der Waals surface area contributed by atoms with Crippen molar-refractivity contribution < 1.29 is 24.3 Å². The Bertz CT molecular complexity index is 595. The van der Waals surface area contributed by atoms with Gasteiger partial charge in [0, 0.05) is 6.54 Å². The van der Waals surface area contributed by atoms with E-state index < -0.39 is 17.9 Å². The van der Waals surface area contributed by atoms with E-state index in [4.69, 9.17) is 9.94 Å².